The molecule has 0 aliphatic heterocycles. The highest BCUT2D eigenvalue weighted by atomic mass is 19.1. The Morgan fingerprint density at radius 1 is 1.33 bits per heavy atom. The van der Waals surface area contributed by atoms with Gasteiger partial charge in [0, 0.05) is 25.2 Å². The van der Waals surface area contributed by atoms with E-state index in [-0.39, 0.29) is 5.82 Å². The van der Waals surface area contributed by atoms with Crippen molar-refractivity contribution in [1.82, 2.24) is 9.97 Å². The number of anilines is 2. The van der Waals surface area contributed by atoms with Crippen LogP contribution in [0, 0.1) is 5.82 Å². The molecule has 0 saturated carbocycles. The molecule has 1 heterocycles. The average molecular weight is 247 g/mol. The van der Waals surface area contributed by atoms with E-state index in [9.17, 15) is 4.39 Å². The van der Waals surface area contributed by atoms with Gasteiger partial charge in [0.1, 0.15) is 23.8 Å². The summed E-state index contributed by atoms with van der Waals surface area (Å²) in [6.07, 6.45) is 1.41. The van der Waals surface area contributed by atoms with Gasteiger partial charge in [-0.1, -0.05) is 18.2 Å². The molecule has 18 heavy (non-hydrogen) atoms. The number of aromatic nitrogens is 2. The summed E-state index contributed by atoms with van der Waals surface area (Å²) in [7, 11) is 1.83. The highest BCUT2D eigenvalue weighted by molar-refractivity contribution is 5.47. The molecule has 2 rings (SSSR count). The molecule has 0 amide bonds. The van der Waals surface area contributed by atoms with Gasteiger partial charge in [-0.25, -0.2) is 20.2 Å². The lowest BCUT2D eigenvalue weighted by atomic mass is 10.2. The zero-order valence-corrected chi connectivity index (χ0v) is 9.97. The molecule has 0 aliphatic carbocycles. The van der Waals surface area contributed by atoms with Crippen LogP contribution in [-0.2, 0) is 6.54 Å². The van der Waals surface area contributed by atoms with Gasteiger partial charge in [-0.2, -0.15) is 0 Å². The van der Waals surface area contributed by atoms with Gasteiger partial charge in [0.25, 0.3) is 0 Å². The van der Waals surface area contributed by atoms with E-state index in [2.05, 4.69) is 15.4 Å². The van der Waals surface area contributed by atoms with E-state index in [1.165, 1.54) is 12.4 Å². The molecule has 0 aliphatic rings. The van der Waals surface area contributed by atoms with Crippen LogP contribution in [0.25, 0.3) is 0 Å². The van der Waals surface area contributed by atoms with Crippen LogP contribution in [0.3, 0.4) is 0 Å². The highest BCUT2D eigenvalue weighted by Crippen LogP contribution is 2.16. The van der Waals surface area contributed by atoms with Crippen molar-refractivity contribution in [2.45, 2.75) is 6.54 Å². The molecule has 0 radical (unpaired) electrons. The third-order valence-corrected chi connectivity index (χ3v) is 2.56. The van der Waals surface area contributed by atoms with E-state index in [1.807, 2.05) is 11.9 Å². The summed E-state index contributed by atoms with van der Waals surface area (Å²) in [6, 6.07) is 8.35. The van der Waals surface area contributed by atoms with Crippen LogP contribution in [0.5, 0.6) is 0 Å². The number of hydrogen-bond acceptors (Lipinski definition) is 5. The number of hydrogen-bond donors (Lipinski definition) is 2. The van der Waals surface area contributed by atoms with Gasteiger partial charge in [-0.05, 0) is 6.07 Å². The molecule has 6 heteroatoms. The Kier molecular flexibility index (Phi) is 3.69. The number of nitrogens with one attached hydrogen (secondary N) is 1. The van der Waals surface area contributed by atoms with Gasteiger partial charge in [-0.3, -0.25) is 0 Å². The summed E-state index contributed by atoms with van der Waals surface area (Å²) in [5.74, 6) is 6.23. The molecule has 0 bridgehead atoms. The number of hydrazine groups is 1. The van der Waals surface area contributed by atoms with Gasteiger partial charge in [0.15, 0.2) is 0 Å². The molecule has 0 saturated heterocycles. The normalized spacial score (nSPS) is 10.2. The van der Waals surface area contributed by atoms with Crippen molar-refractivity contribution >= 4 is 11.6 Å². The third-order valence-electron chi connectivity index (χ3n) is 2.56. The summed E-state index contributed by atoms with van der Waals surface area (Å²) in [6.45, 7) is 0.424. The summed E-state index contributed by atoms with van der Waals surface area (Å²) in [5, 5.41) is 0. The van der Waals surface area contributed by atoms with Crippen molar-refractivity contribution in [2.75, 3.05) is 17.4 Å². The van der Waals surface area contributed by atoms with Crippen molar-refractivity contribution in [3.8, 4) is 0 Å². The van der Waals surface area contributed by atoms with Crippen molar-refractivity contribution < 1.29 is 4.39 Å². The number of rotatable bonds is 4. The summed E-state index contributed by atoms with van der Waals surface area (Å²) < 4.78 is 13.5. The van der Waals surface area contributed by atoms with E-state index in [1.54, 1.807) is 24.3 Å². The number of halogens is 1. The first-order valence-electron chi connectivity index (χ1n) is 5.44. The van der Waals surface area contributed by atoms with E-state index in [0.717, 1.165) is 0 Å². The molecule has 1 aromatic carbocycles. The lowest BCUT2D eigenvalue weighted by molar-refractivity contribution is 0.607. The first-order chi connectivity index (χ1) is 8.70. The van der Waals surface area contributed by atoms with E-state index in [0.29, 0.717) is 23.7 Å². The Morgan fingerprint density at radius 2 is 2.11 bits per heavy atom. The van der Waals surface area contributed by atoms with Gasteiger partial charge in [0.05, 0.1) is 0 Å². The van der Waals surface area contributed by atoms with Crippen LogP contribution in [0.4, 0.5) is 16.0 Å². The van der Waals surface area contributed by atoms with E-state index < -0.39 is 0 Å². The van der Waals surface area contributed by atoms with Crippen molar-refractivity contribution in [3.63, 3.8) is 0 Å². The molecule has 2 aromatic rings. The summed E-state index contributed by atoms with van der Waals surface area (Å²) >= 11 is 0. The standard InChI is InChI=1S/C12H14FN5/c1-18(7-9-4-2-3-5-10(9)13)12-6-11(17-14)15-8-16-12/h2-6,8H,7,14H2,1H3,(H,15,16,17). The molecule has 1 aromatic heterocycles. The molecule has 0 unspecified atom stereocenters. The Bertz CT molecular complexity index is 531. The first kappa shape index (κ1) is 12.3. The third kappa shape index (κ3) is 2.72. The molecule has 3 N–H and O–H groups in total. The Labute approximate surface area is 104 Å². The fraction of sp³-hybridized carbons (Fsp3) is 0.167. The number of benzene rings is 1. The van der Waals surface area contributed by atoms with Gasteiger partial charge < -0.3 is 10.3 Å². The average Bonchev–Trinajstić information content (AvgIpc) is 2.41. The van der Waals surface area contributed by atoms with E-state index in [4.69, 9.17) is 5.84 Å². The number of nitrogen functional groups attached to an aromatic ring is 1. The molecule has 0 fully saturated rings. The minimum absolute atomic E-state index is 0.226. The Hall–Kier alpha value is -2.21. The molecule has 0 spiro atoms. The first-order valence-corrected chi connectivity index (χ1v) is 5.44. The van der Waals surface area contributed by atoms with Crippen LogP contribution in [0.1, 0.15) is 5.56 Å². The molecular weight excluding hydrogens is 233 g/mol. The van der Waals surface area contributed by atoms with Crippen LogP contribution in [0.15, 0.2) is 36.7 Å². The highest BCUT2D eigenvalue weighted by Gasteiger charge is 2.07. The predicted molar refractivity (Wildman–Crippen MR) is 68.3 cm³/mol. The maximum Gasteiger partial charge on any atom is 0.145 e. The van der Waals surface area contributed by atoms with Gasteiger partial charge in [-0.15, -0.1) is 0 Å². The zero-order valence-electron chi connectivity index (χ0n) is 9.97. The monoisotopic (exact) mass is 247 g/mol. The molecule has 94 valence electrons. The Morgan fingerprint density at radius 3 is 2.83 bits per heavy atom. The predicted octanol–water partition coefficient (Wildman–Crippen LogP) is 1.54. The van der Waals surface area contributed by atoms with E-state index >= 15 is 0 Å². The second kappa shape index (κ2) is 5.42. The lowest BCUT2D eigenvalue weighted by Gasteiger charge is -2.18. The minimum Gasteiger partial charge on any atom is -0.355 e. The largest absolute Gasteiger partial charge is 0.355 e. The molecular formula is C12H14FN5. The second-order valence-corrected chi connectivity index (χ2v) is 3.85. The quantitative estimate of drug-likeness (QED) is 0.633. The van der Waals surface area contributed by atoms with Crippen LogP contribution < -0.4 is 16.2 Å². The molecule has 0 atom stereocenters. The molecule has 5 nitrogen and oxygen atoms in total. The van der Waals surface area contributed by atoms with Gasteiger partial charge >= 0.3 is 0 Å². The van der Waals surface area contributed by atoms with Crippen LogP contribution in [0.2, 0.25) is 0 Å². The van der Waals surface area contributed by atoms with Crippen LogP contribution >= 0.6 is 0 Å². The second-order valence-electron chi connectivity index (χ2n) is 3.85. The number of nitrogens with two attached hydrogens (primary N) is 1. The maximum atomic E-state index is 13.5. The summed E-state index contributed by atoms with van der Waals surface area (Å²) in [4.78, 5) is 9.85. The fourth-order valence-corrected chi connectivity index (χ4v) is 1.60. The zero-order chi connectivity index (χ0) is 13.0. The fourth-order valence-electron chi connectivity index (χ4n) is 1.60. The maximum absolute atomic E-state index is 13.5. The SMILES string of the molecule is CN(Cc1ccccc1F)c1cc(NN)ncn1. The van der Waals surface area contributed by atoms with Crippen molar-refractivity contribution in [3.05, 3.63) is 48.0 Å². The topological polar surface area (TPSA) is 67.1 Å². The summed E-state index contributed by atoms with van der Waals surface area (Å²) in [5.41, 5.74) is 3.06. The van der Waals surface area contributed by atoms with Gasteiger partial charge in [0.2, 0.25) is 0 Å². The smallest absolute Gasteiger partial charge is 0.145 e. The number of nitrogens with zero attached hydrogens (tertiary/aromatic N) is 3. The lowest BCUT2D eigenvalue weighted by Crippen LogP contribution is -2.19. The minimum atomic E-state index is -0.226. The van der Waals surface area contributed by atoms with Crippen molar-refractivity contribution in [1.29, 1.82) is 0 Å². The Balaban J connectivity index is 2.16. The van der Waals surface area contributed by atoms with Crippen molar-refractivity contribution in [2.24, 2.45) is 5.84 Å². The van der Waals surface area contributed by atoms with Crippen LogP contribution in [-0.4, -0.2) is 17.0 Å².